The standard InChI is InChI=1S/C8H12O4S/c1-2-11-7(9)3-4-8(10)12-5-6-13/h3-4,13H,2,5-6H2,1H3. The van der Waals surface area contributed by atoms with Crippen LogP contribution in [0.3, 0.4) is 0 Å². The number of hydrogen-bond acceptors (Lipinski definition) is 5. The van der Waals surface area contributed by atoms with Crippen LogP contribution < -0.4 is 0 Å². The van der Waals surface area contributed by atoms with E-state index in [1.807, 2.05) is 0 Å². The van der Waals surface area contributed by atoms with Crippen molar-refractivity contribution in [3.63, 3.8) is 0 Å². The summed E-state index contributed by atoms with van der Waals surface area (Å²) in [5.41, 5.74) is 0. The summed E-state index contributed by atoms with van der Waals surface area (Å²) >= 11 is 3.84. The zero-order chi connectivity index (χ0) is 10.1. The highest BCUT2D eigenvalue weighted by Gasteiger charge is 1.98. The fourth-order valence-corrected chi connectivity index (χ4v) is 0.612. The summed E-state index contributed by atoms with van der Waals surface area (Å²) in [6.07, 6.45) is 2.06. The summed E-state index contributed by atoms with van der Waals surface area (Å²) in [5.74, 6) is -0.661. The molecule has 13 heavy (non-hydrogen) atoms. The fourth-order valence-electron chi connectivity index (χ4n) is 0.521. The molecule has 0 rings (SSSR count). The molecular weight excluding hydrogens is 192 g/mol. The molecule has 0 saturated heterocycles. The van der Waals surface area contributed by atoms with Crippen LogP contribution in [0, 0.1) is 0 Å². The Morgan fingerprint density at radius 2 is 1.77 bits per heavy atom. The van der Waals surface area contributed by atoms with Gasteiger partial charge >= 0.3 is 11.9 Å². The van der Waals surface area contributed by atoms with Crippen LogP contribution >= 0.6 is 12.6 Å². The van der Waals surface area contributed by atoms with E-state index in [2.05, 4.69) is 22.1 Å². The van der Waals surface area contributed by atoms with E-state index in [0.29, 0.717) is 5.75 Å². The maximum Gasteiger partial charge on any atom is 0.331 e. The minimum absolute atomic E-state index is 0.231. The molecule has 5 heteroatoms. The van der Waals surface area contributed by atoms with E-state index < -0.39 is 11.9 Å². The summed E-state index contributed by atoms with van der Waals surface area (Å²) in [6.45, 7) is 2.20. The molecule has 0 unspecified atom stereocenters. The quantitative estimate of drug-likeness (QED) is 0.404. The van der Waals surface area contributed by atoms with Gasteiger partial charge in [-0.05, 0) is 6.92 Å². The Morgan fingerprint density at radius 3 is 2.23 bits per heavy atom. The number of rotatable bonds is 5. The van der Waals surface area contributed by atoms with E-state index in [9.17, 15) is 9.59 Å². The lowest BCUT2D eigenvalue weighted by atomic mass is 10.5. The van der Waals surface area contributed by atoms with Crippen molar-refractivity contribution >= 4 is 24.6 Å². The number of thiol groups is 1. The zero-order valence-corrected chi connectivity index (χ0v) is 8.25. The Kier molecular flexibility index (Phi) is 7.10. The predicted octanol–water partition coefficient (Wildman–Crippen LogP) is 0.579. The van der Waals surface area contributed by atoms with Crippen LogP contribution in [0.15, 0.2) is 12.2 Å². The molecule has 0 spiro atoms. The Labute approximate surface area is 82.3 Å². The smallest absolute Gasteiger partial charge is 0.331 e. The van der Waals surface area contributed by atoms with Crippen molar-refractivity contribution < 1.29 is 19.1 Å². The monoisotopic (exact) mass is 204 g/mol. The van der Waals surface area contributed by atoms with Gasteiger partial charge in [0.05, 0.1) is 6.61 Å². The molecule has 0 aromatic rings. The maximum atomic E-state index is 10.8. The van der Waals surface area contributed by atoms with Gasteiger partial charge in [0, 0.05) is 17.9 Å². The van der Waals surface area contributed by atoms with Gasteiger partial charge in [0.15, 0.2) is 0 Å². The van der Waals surface area contributed by atoms with Crippen LogP contribution in [-0.2, 0) is 19.1 Å². The summed E-state index contributed by atoms with van der Waals surface area (Å²) < 4.78 is 9.16. The van der Waals surface area contributed by atoms with Crippen molar-refractivity contribution in [2.45, 2.75) is 6.92 Å². The highest BCUT2D eigenvalue weighted by Crippen LogP contribution is 1.86. The Morgan fingerprint density at radius 1 is 1.23 bits per heavy atom. The van der Waals surface area contributed by atoms with Crippen LogP contribution in [0.25, 0.3) is 0 Å². The third kappa shape index (κ3) is 7.39. The molecule has 0 radical (unpaired) electrons. The summed E-state index contributed by atoms with van der Waals surface area (Å²) in [4.78, 5) is 21.4. The van der Waals surface area contributed by atoms with E-state index >= 15 is 0 Å². The molecule has 0 aromatic carbocycles. The Balaban J connectivity index is 3.69. The zero-order valence-electron chi connectivity index (χ0n) is 7.36. The normalized spacial score (nSPS) is 10.0. The van der Waals surface area contributed by atoms with Crippen molar-refractivity contribution in [2.75, 3.05) is 19.0 Å². The Hall–Kier alpha value is -0.970. The first-order valence-electron chi connectivity index (χ1n) is 3.83. The second-order valence-corrected chi connectivity index (χ2v) is 2.42. The molecule has 0 atom stereocenters. The largest absolute Gasteiger partial charge is 0.463 e. The number of carbonyl (C=O) groups is 2. The number of hydrogen-bond donors (Lipinski definition) is 1. The van der Waals surface area contributed by atoms with Gasteiger partial charge in [-0.25, -0.2) is 9.59 Å². The minimum Gasteiger partial charge on any atom is -0.463 e. The van der Waals surface area contributed by atoms with Gasteiger partial charge in [0.2, 0.25) is 0 Å². The van der Waals surface area contributed by atoms with Crippen LogP contribution in [0.1, 0.15) is 6.92 Å². The third-order valence-corrected chi connectivity index (χ3v) is 1.16. The summed E-state index contributed by atoms with van der Waals surface area (Å²) in [5, 5.41) is 0. The molecule has 74 valence electrons. The van der Waals surface area contributed by atoms with Crippen LogP contribution in [0.5, 0.6) is 0 Å². The molecule has 0 aromatic heterocycles. The van der Waals surface area contributed by atoms with Gasteiger partial charge in [0.25, 0.3) is 0 Å². The first kappa shape index (κ1) is 12.0. The highest BCUT2D eigenvalue weighted by atomic mass is 32.1. The maximum absolute atomic E-state index is 10.8. The van der Waals surface area contributed by atoms with Gasteiger partial charge in [-0.3, -0.25) is 0 Å². The number of carbonyl (C=O) groups excluding carboxylic acids is 2. The van der Waals surface area contributed by atoms with Gasteiger partial charge in [-0.1, -0.05) is 0 Å². The van der Waals surface area contributed by atoms with Crippen molar-refractivity contribution in [3.8, 4) is 0 Å². The average Bonchev–Trinajstić information content (AvgIpc) is 2.12. The van der Waals surface area contributed by atoms with Crippen LogP contribution in [-0.4, -0.2) is 30.9 Å². The van der Waals surface area contributed by atoms with Crippen LogP contribution in [0.4, 0.5) is 0 Å². The van der Waals surface area contributed by atoms with Gasteiger partial charge in [-0.2, -0.15) is 12.6 Å². The first-order chi connectivity index (χ1) is 6.20. The van der Waals surface area contributed by atoms with E-state index in [1.54, 1.807) is 6.92 Å². The molecule has 0 aliphatic carbocycles. The number of esters is 2. The molecule has 0 aliphatic rings. The average molecular weight is 204 g/mol. The molecule has 0 fully saturated rings. The Bertz CT molecular complexity index is 200. The molecule has 0 saturated carbocycles. The summed E-state index contributed by atoms with van der Waals surface area (Å²) in [6, 6.07) is 0. The van der Waals surface area contributed by atoms with E-state index in [0.717, 1.165) is 12.2 Å². The minimum atomic E-state index is -0.567. The number of ether oxygens (including phenoxy) is 2. The molecule has 0 aliphatic heterocycles. The SMILES string of the molecule is CCOC(=O)C=CC(=O)OCCS. The lowest BCUT2D eigenvalue weighted by Crippen LogP contribution is -2.05. The van der Waals surface area contributed by atoms with Crippen molar-refractivity contribution in [1.82, 2.24) is 0 Å². The lowest BCUT2D eigenvalue weighted by Gasteiger charge is -1.97. The first-order valence-corrected chi connectivity index (χ1v) is 4.46. The highest BCUT2D eigenvalue weighted by molar-refractivity contribution is 7.80. The fraction of sp³-hybridized carbons (Fsp3) is 0.500. The molecule has 0 N–H and O–H groups in total. The lowest BCUT2D eigenvalue weighted by molar-refractivity contribution is -0.139. The second kappa shape index (κ2) is 7.67. The van der Waals surface area contributed by atoms with Crippen molar-refractivity contribution in [3.05, 3.63) is 12.2 Å². The third-order valence-electron chi connectivity index (χ3n) is 0.978. The molecular formula is C8H12O4S. The van der Waals surface area contributed by atoms with Gasteiger partial charge in [0.1, 0.15) is 6.61 Å². The molecule has 0 heterocycles. The molecule has 4 nitrogen and oxygen atoms in total. The summed E-state index contributed by atoms with van der Waals surface area (Å²) in [7, 11) is 0. The molecule has 0 bridgehead atoms. The van der Waals surface area contributed by atoms with Gasteiger partial charge < -0.3 is 9.47 Å². The van der Waals surface area contributed by atoms with Crippen molar-refractivity contribution in [2.24, 2.45) is 0 Å². The van der Waals surface area contributed by atoms with Gasteiger partial charge in [-0.15, -0.1) is 0 Å². The second-order valence-electron chi connectivity index (χ2n) is 1.98. The molecule has 0 amide bonds. The van der Waals surface area contributed by atoms with E-state index in [-0.39, 0.29) is 13.2 Å². The van der Waals surface area contributed by atoms with E-state index in [4.69, 9.17) is 0 Å². The van der Waals surface area contributed by atoms with Crippen molar-refractivity contribution in [1.29, 1.82) is 0 Å². The van der Waals surface area contributed by atoms with E-state index in [1.165, 1.54) is 0 Å². The topological polar surface area (TPSA) is 52.6 Å². The van der Waals surface area contributed by atoms with Crippen LogP contribution in [0.2, 0.25) is 0 Å². The predicted molar refractivity (Wildman–Crippen MR) is 50.6 cm³/mol.